The lowest BCUT2D eigenvalue weighted by molar-refractivity contribution is 0.0999. The molecule has 1 heterocycles. The van der Waals surface area contributed by atoms with Crippen LogP contribution in [0.15, 0.2) is 54.7 Å². The summed E-state index contributed by atoms with van der Waals surface area (Å²) in [4.78, 5) is 15.9. The Morgan fingerprint density at radius 1 is 1.14 bits per heavy atom. The number of nitrogens with two attached hydrogens (primary N) is 2. The monoisotopic (exact) mass is 390 g/mol. The smallest absolute Gasteiger partial charge is 0.248 e. The summed E-state index contributed by atoms with van der Waals surface area (Å²) in [6.07, 6.45) is 1.70. The van der Waals surface area contributed by atoms with Gasteiger partial charge in [-0.3, -0.25) is 9.78 Å². The maximum absolute atomic E-state index is 11.4. The lowest BCUT2D eigenvalue weighted by Crippen LogP contribution is -2.12. The van der Waals surface area contributed by atoms with Gasteiger partial charge in [0.05, 0.1) is 5.69 Å². The van der Waals surface area contributed by atoms with Crippen molar-refractivity contribution in [2.75, 3.05) is 11.9 Å². The zero-order chi connectivity index (χ0) is 21.0. The Morgan fingerprint density at radius 2 is 1.90 bits per heavy atom. The number of amides is 1. The molecule has 150 valence electrons. The number of nitrogens with one attached hydrogen (secondary N) is 1. The van der Waals surface area contributed by atoms with Crippen molar-refractivity contribution in [2.24, 2.45) is 11.5 Å². The average Bonchev–Trinajstić information content (AvgIpc) is 2.68. The number of rotatable bonds is 7. The van der Waals surface area contributed by atoms with Crippen LogP contribution >= 0.6 is 0 Å². The predicted molar refractivity (Wildman–Crippen MR) is 116 cm³/mol. The van der Waals surface area contributed by atoms with Crippen molar-refractivity contribution in [3.05, 3.63) is 71.4 Å². The summed E-state index contributed by atoms with van der Waals surface area (Å²) in [5.41, 5.74) is 16.4. The van der Waals surface area contributed by atoms with E-state index in [-0.39, 0.29) is 6.04 Å². The first-order valence-electron chi connectivity index (χ1n) is 9.57. The molecular formula is C23H26N4O2. The van der Waals surface area contributed by atoms with Crippen molar-refractivity contribution < 1.29 is 9.53 Å². The molecule has 0 bridgehead atoms. The second-order valence-corrected chi connectivity index (χ2v) is 6.94. The van der Waals surface area contributed by atoms with E-state index in [1.165, 1.54) is 0 Å². The van der Waals surface area contributed by atoms with Gasteiger partial charge < -0.3 is 21.5 Å². The summed E-state index contributed by atoms with van der Waals surface area (Å²) >= 11 is 0. The number of aromatic nitrogens is 1. The van der Waals surface area contributed by atoms with Crippen molar-refractivity contribution >= 4 is 11.6 Å². The summed E-state index contributed by atoms with van der Waals surface area (Å²) < 4.78 is 6.06. The minimum absolute atomic E-state index is 0.0720. The Kier molecular flexibility index (Phi) is 6.14. The molecule has 3 aromatic rings. The third-order valence-corrected chi connectivity index (χ3v) is 4.64. The fourth-order valence-electron chi connectivity index (χ4n) is 3.21. The lowest BCUT2D eigenvalue weighted by Gasteiger charge is -2.16. The van der Waals surface area contributed by atoms with Gasteiger partial charge in [-0.2, -0.15) is 0 Å². The molecule has 1 amide bonds. The summed E-state index contributed by atoms with van der Waals surface area (Å²) in [5.74, 6) is 0.941. The van der Waals surface area contributed by atoms with Crippen LogP contribution < -0.4 is 21.5 Å². The number of pyridine rings is 1. The van der Waals surface area contributed by atoms with E-state index < -0.39 is 5.91 Å². The molecule has 0 saturated carbocycles. The summed E-state index contributed by atoms with van der Waals surface area (Å²) in [5, 5.41) is 3.33. The minimum Gasteiger partial charge on any atom is -0.457 e. The Hall–Kier alpha value is -3.38. The van der Waals surface area contributed by atoms with Crippen molar-refractivity contribution in [1.29, 1.82) is 0 Å². The summed E-state index contributed by atoms with van der Waals surface area (Å²) in [6, 6.07) is 14.9. The average molecular weight is 390 g/mol. The van der Waals surface area contributed by atoms with Crippen LogP contribution in [0.25, 0.3) is 11.3 Å². The van der Waals surface area contributed by atoms with E-state index in [1.807, 2.05) is 57.2 Å². The van der Waals surface area contributed by atoms with E-state index in [0.717, 1.165) is 34.6 Å². The first kappa shape index (κ1) is 20.4. The second kappa shape index (κ2) is 8.75. The number of primary amides is 1. The first-order valence-corrected chi connectivity index (χ1v) is 9.57. The highest BCUT2D eigenvalue weighted by Crippen LogP contribution is 2.31. The normalized spacial score (nSPS) is 11.7. The number of anilines is 1. The van der Waals surface area contributed by atoms with E-state index in [4.69, 9.17) is 16.2 Å². The maximum Gasteiger partial charge on any atom is 0.248 e. The molecule has 6 nitrogen and oxygen atoms in total. The predicted octanol–water partition coefficient (Wildman–Crippen LogP) is 4.40. The highest BCUT2D eigenvalue weighted by Gasteiger charge is 2.11. The number of aryl methyl sites for hydroxylation is 1. The van der Waals surface area contributed by atoms with Gasteiger partial charge in [0.2, 0.25) is 5.91 Å². The Morgan fingerprint density at radius 3 is 2.55 bits per heavy atom. The molecule has 0 spiro atoms. The molecule has 6 heteroatoms. The maximum atomic E-state index is 11.4. The quantitative estimate of drug-likeness (QED) is 0.555. The van der Waals surface area contributed by atoms with Crippen LogP contribution in [0.3, 0.4) is 0 Å². The summed E-state index contributed by atoms with van der Waals surface area (Å²) in [7, 11) is 0. The SMILES string of the molecule is CCNc1cc(Oc2ccnc(-c3ccc(C(N)=O)c(C)c3)c2)ccc1C(C)N. The highest BCUT2D eigenvalue weighted by molar-refractivity contribution is 5.94. The first-order chi connectivity index (χ1) is 13.9. The van der Waals surface area contributed by atoms with Crippen LogP contribution in [0.1, 0.15) is 41.4 Å². The molecule has 0 aliphatic rings. The van der Waals surface area contributed by atoms with Crippen LogP contribution in [-0.2, 0) is 0 Å². The molecule has 0 fully saturated rings. The van der Waals surface area contributed by atoms with Gasteiger partial charge in [-0.15, -0.1) is 0 Å². The van der Waals surface area contributed by atoms with Gasteiger partial charge in [0.15, 0.2) is 0 Å². The molecule has 0 aliphatic heterocycles. The minimum atomic E-state index is -0.439. The van der Waals surface area contributed by atoms with Crippen LogP contribution in [0.2, 0.25) is 0 Å². The molecule has 1 atom stereocenters. The number of hydrogen-bond donors (Lipinski definition) is 3. The van der Waals surface area contributed by atoms with E-state index in [9.17, 15) is 4.79 Å². The largest absolute Gasteiger partial charge is 0.457 e. The van der Waals surface area contributed by atoms with Gasteiger partial charge in [0.25, 0.3) is 0 Å². The zero-order valence-electron chi connectivity index (χ0n) is 16.9. The van der Waals surface area contributed by atoms with E-state index in [2.05, 4.69) is 10.3 Å². The third kappa shape index (κ3) is 4.73. The van der Waals surface area contributed by atoms with Crippen molar-refractivity contribution in [2.45, 2.75) is 26.8 Å². The fraction of sp³-hybridized carbons (Fsp3) is 0.217. The lowest BCUT2D eigenvalue weighted by atomic mass is 10.0. The van der Waals surface area contributed by atoms with Gasteiger partial charge in [0.1, 0.15) is 11.5 Å². The van der Waals surface area contributed by atoms with E-state index in [1.54, 1.807) is 18.3 Å². The van der Waals surface area contributed by atoms with Gasteiger partial charge in [0, 0.05) is 47.7 Å². The van der Waals surface area contributed by atoms with Crippen LogP contribution in [0.5, 0.6) is 11.5 Å². The van der Waals surface area contributed by atoms with Gasteiger partial charge in [-0.05, 0) is 56.2 Å². The van der Waals surface area contributed by atoms with Crippen LogP contribution in [0, 0.1) is 6.92 Å². The number of hydrogen-bond acceptors (Lipinski definition) is 5. The number of nitrogens with zero attached hydrogens (tertiary/aromatic N) is 1. The number of carbonyl (C=O) groups excluding carboxylic acids is 1. The third-order valence-electron chi connectivity index (χ3n) is 4.64. The van der Waals surface area contributed by atoms with Gasteiger partial charge >= 0.3 is 0 Å². The second-order valence-electron chi connectivity index (χ2n) is 6.94. The van der Waals surface area contributed by atoms with Crippen LogP contribution in [0.4, 0.5) is 5.69 Å². The number of carbonyl (C=O) groups is 1. The Balaban J connectivity index is 1.88. The summed E-state index contributed by atoms with van der Waals surface area (Å²) in [6.45, 7) is 6.64. The molecule has 5 N–H and O–H groups in total. The highest BCUT2D eigenvalue weighted by atomic mass is 16.5. The molecule has 2 aromatic carbocycles. The topological polar surface area (TPSA) is 103 Å². The molecule has 0 radical (unpaired) electrons. The molecule has 0 saturated heterocycles. The molecule has 1 aromatic heterocycles. The number of ether oxygens (including phenoxy) is 1. The zero-order valence-corrected chi connectivity index (χ0v) is 16.9. The fourth-order valence-corrected chi connectivity index (χ4v) is 3.21. The van der Waals surface area contributed by atoms with E-state index in [0.29, 0.717) is 17.1 Å². The molecule has 1 unspecified atom stereocenters. The van der Waals surface area contributed by atoms with Gasteiger partial charge in [-0.25, -0.2) is 0 Å². The van der Waals surface area contributed by atoms with Crippen molar-refractivity contribution in [1.82, 2.24) is 4.98 Å². The van der Waals surface area contributed by atoms with Gasteiger partial charge in [-0.1, -0.05) is 12.1 Å². The van der Waals surface area contributed by atoms with Crippen molar-refractivity contribution in [3.63, 3.8) is 0 Å². The van der Waals surface area contributed by atoms with E-state index >= 15 is 0 Å². The van der Waals surface area contributed by atoms with Crippen molar-refractivity contribution in [3.8, 4) is 22.8 Å². The Bertz CT molecular complexity index is 1030. The Labute approximate surface area is 170 Å². The standard InChI is InChI=1S/C23H26N4O2/c1-4-26-22-13-17(6-8-20(22)15(3)24)29-18-9-10-27-21(12-18)16-5-7-19(23(25)28)14(2)11-16/h5-13,15,26H,4,24H2,1-3H3,(H2,25,28). The molecule has 0 aliphatic carbocycles. The van der Waals surface area contributed by atoms with Crippen LogP contribution in [-0.4, -0.2) is 17.4 Å². The molecule has 3 rings (SSSR count). The molecule has 29 heavy (non-hydrogen) atoms. The number of benzene rings is 2. The molecular weight excluding hydrogens is 364 g/mol.